The lowest BCUT2D eigenvalue weighted by atomic mass is 9.84. The zero-order chi connectivity index (χ0) is 11.4. The number of hydrogen-bond acceptors (Lipinski definition) is 0. The summed E-state index contributed by atoms with van der Waals surface area (Å²) in [5.41, 5.74) is 4.48. The van der Waals surface area contributed by atoms with Gasteiger partial charge in [0.15, 0.2) is 0 Å². The molecule has 0 unspecified atom stereocenters. The van der Waals surface area contributed by atoms with Gasteiger partial charge in [-0.15, -0.1) is 0 Å². The van der Waals surface area contributed by atoms with Crippen LogP contribution in [0.15, 0.2) is 18.2 Å². The molecule has 0 N–H and O–H groups in total. The second-order valence-corrected chi connectivity index (χ2v) is 4.57. The highest BCUT2D eigenvalue weighted by molar-refractivity contribution is 5.34. The van der Waals surface area contributed by atoms with Gasteiger partial charge < -0.3 is 0 Å². The fourth-order valence-electron chi connectivity index (χ4n) is 1.66. The molecule has 0 aromatic heterocycles. The van der Waals surface area contributed by atoms with E-state index in [4.69, 9.17) is 0 Å². The van der Waals surface area contributed by atoms with Crippen molar-refractivity contribution in [2.45, 2.75) is 53.9 Å². The van der Waals surface area contributed by atoms with Crippen LogP contribution >= 0.6 is 0 Å². The minimum Gasteiger partial charge on any atom is -0.0683 e. The Kier molecular flexibility index (Phi) is 4.90. The first-order valence-corrected chi connectivity index (χ1v) is 5.49. The second kappa shape index (κ2) is 5.19. The molecule has 0 saturated carbocycles. The van der Waals surface area contributed by atoms with Gasteiger partial charge in [0.05, 0.1) is 0 Å². The minimum absolute atomic E-state index is 0.276. The Bertz CT molecular complexity index is 277. The minimum atomic E-state index is 0.276. The Balaban J connectivity index is 0.000000791. The largest absolute Gasteiger partial charge is 0.0683 e. The summed E-state index contributed by atoms with van der Waals surface area (Å²) in [7, 11) is 0. The smallest absolute Gasteiger partial charge is 0.0129 e. The molecule has 0 aliphatic carbocycles. The second-order valence-electron chi connectivity index (χ2n) is 4.57. The van der Waals surface area contributed by atoms with Crippen molar-refractivity contribution < 1.29 is 0 Å². The van der Waals surface area contributed by atoms with Crippen molar-refractivity contribution in [2.24, 2.45) is 0 Å². The summed E-state index contributed by atoms with van der Waals surface area (Å²) in [6.07, 6.45) is 0. The van der Waals surface area contributed by atoms with E-state index < -0.39 is 0 Å². The van der Waals surface area contributed by atoms with Crippen LogP contribution in [0.5, 0.6) is 0 Å². The lowest BCUT2D eigenvalue weighted by molar-refractivity contribution is 0.586. The van der Waals surface area contributed by atoms with Crippen LogP contribution in [-0.4, -0.2) is 0 Å². The highest BCUT2D eigenvalue weighted by Gasteiger charge is 2.15. The van der Waals surface area contributed by atoms with Crippen LogP contribution in [0, 0.1) is 13.8 Å². The summed E-state index contributed by atoms with van der Waals surface area (Å²) in [4.78, 5) is 0. The standard InChI is InChI=1S/C12H18.C2H6/c1-9-6-7-11(10(2)8-9)12(3,4)5;1-2/h6-8H,1-5H3;1-2H3. The van der Waals surface area contributed by atoms with E-state index in [1.807, 2.05) is 13.8 Å². The number of rotatable bonds is 0. The summed E-state index contributed by atoms with van der Waals surface area (Å²) in [5, 5.41) is 0. The first-order chi connectivity index (χ1) is 6.41. The van der Waals surface area contributed by atoms with Crippen LogP contribution in [0.2, 0.25) is 0 Å². The van der Waals surface area contributed by atoms with Gasteiger partial charge in [-0.3, -0.25) is 0 Å². The highest BCUT2D eigenvalue weighted by Crippen LogP contribution is 2.25. The quantitative estimate of drug-likeness (QED) is 0.562. The van der Waals surface area contributed by atoms with Crippen LogP contribution < -0.4 is 0 Å². The van der Waals surface area contributed by atoms with Gasteiger partial charge in [0.1, 0.15) is 0 Å². The van der Waals surface area contributed by atoms with E-state index in [2.05, 4.69) is 52.8 Å². The van der Waals surface area contributed by atoms with E-state index in [1.54, 1.807) is 0 Å². The summed E-state index contributed by atoms with van der Waals surface area (Å²) in [6.45, 7) is 15.1. The van der Waals surface area contributed by atoms with Crippen LogP contribution in [-0.2, 0) is 5.41 Å². The zero-order valence-electron chi connectivity index (χ0n) is 10.7. The Morgan fingerprint density at radius 2 is 1.43 bits per heavy atom. The van der Waals surface area contributed by atoms with Gasteiger partial charge in [-0.1, -0.05) is 58.4 Å². The van der Waals surface area contributed by atoms with Crippen molar-refractivity contribution in [3.63, 3.8) is 0 Å². The Morgan fingerprint density at radius 1 is 0.929 bits per heavy atom. The maximum absolute atomic E-state index is 2.25. The molecule has 0 aliphatic rings. The third-order valence-corrected chi connectivity index (χ3v) is 2.19. The molecule has 0 radical (unpaired) electrons. The van der Waals surface area contributed by atoms with Crippen LogP contribution in [0.1, 0.15) is 51.3 Å². The average molecular weight is 192 g/mol. The monoisotopic (exact) mass is 192 g/mol. The SMILES string of the molecule is CC.Cc1ccc(C(C)(C)C)c(C)c1. The van der Waals surface area contributed by atoms with Crippen molar-refractivity contribution in [3.05, 3.63) is 34.9 Å². The van der Waals surface area contributed by atoms with E-state index >= 15 is 0 Å². The van der Waals surface area contributed by atoms with E-state index in [9.17, 15) is 0 Å². The van der Waals surface area contributed by atoms with Crippen molar-refractivity contribution in [3.8, 4) is 0 Å². The molecule has 0 heteroatoms. The molecule has 0 amide bonds. The summed E-state index contributed by atoms with van der Waals surface area (Å²) < 4.78 is 0. The summed E-state index contributed by atoms with van der Waals surface area (Å²) >= 11 is 0. The molecular formula is C14H24. The number of aryl methyl sites for hydroxylation is 2. The fourth-order valence-corrected chi connectivity index (χ4v) is 1.66. The molecule has 0 bridgehead atoms. The van der Waals surface area contributed by atoms with Gasteiger partial charge in [0, 0.05) is 0 Å². The molecule has 0 nitrogen and oxygen atoms in total. The van der Waals surface area contributed by atoms with Gasteiger partial charge >= 0.3 is 0 Å². The van der Waals surface area contributed by atoms with Crippen molar-refractivity contribution in [2.75, 3.05) is 0 Å². The predicted octanol–water partition coefficient (Wildman–Crippen LogP) is 4.63. The molecule has 0 fully saturated rings. The maximum atomic E-state index is 2.25. The van der Waals surface area contributed by atoms with E-state index in [0.29, 0.717) is 0 Å². The molecule has 14 heavy (non-hydrogen) atoms. The third-order valence-electron chi connectivity index (χ3n) is 2.19. The van der Waals surface area contributed by atoms with Crippen LogP contribution in [0.25, 0.3) is 0 Å². The van der Waals surface area contributed by atoms with Crippen molar-refractivity contribution in [1.29, 1.82) is 0 Å². The normalized spacial score (nSPS) is 10.5. The van der Waals surface area contributed by atoms with Gasteiger partial charge in [0.2, 0.25) is 0 Å². The van der Waals surface area contributed by atoms with Crippen molar-refractivity contribution in [1.82, 2.24) is 0 Å². The lowest BCUT2D eigenvalue weighted by Crippen LogP contribution is -2.12. The molecule has 0 heterocycles. The molecule has 1 aromatic carbocycles. The average Bonchev–Trinajstić information content (AvgIpc) is 2.05. The lowest BCUT2D eigenvalue weighted by Gasteiger charge is -2.21. The molecule has 0 saturated heterocycles. The zero-order valence-corrected chi connectivity index (χ0v) is 10.7. The van der Waals surface area contributed by atoms with E-state index in [-0.39, 0.29) is 5.41 Å². The summed E-state index contributed by atoms with van der Waals surface area (Å²) in [6, 6.07) is 6.68. The molecule has 1 aromatic rings. The van der Waals surface area contributed by atoms with E-state index in [1.165, 1.54) is 16.7 Å². The predicted molar refractivity (Wildman–Crippen MR) is 66.0 cm³/mol. The first kappa shape index (κ1) is 13.2. The molecule has 0 aliphatic heterocycles. The molecule has 0 spiro atoms. The first-order valence-electron chi connectivity index (χ1n) is 5.49. The maximum Gasteiger partial charge on any atom is -0.0129 e. The van der Waals surface area contributed by atoms with E-state index in [0.717, 1.165) is 0 Å². The Morgan fingerprint density at radius 3 is 1.79 bits per heavy atom. The molecule has 0 atom stereocenters. The summed E-state index contributed by atoms with van der Waals surface area (Å²) in [5.74, 6) is 0. The van der Waals surface area contributed by atoms with Gasteiger partial charge in [-0.25, -0.2) is 0 Å². The van der Waals surface area contributed by atoms with Gasteiger partial charge in [-0.2, -0.15) is 0 Å². The van der Waals surface area contributed by atoms with Gasteiger partial charge in [-0.05, 0) is 30.4 Å². The molecule has 80 valence electrons. The Labute approximate surface area is 89.4 Å². The molecule has 1 rings (SSSR count). The van der Waals surface area contributed by atoms with Crippen LogP contribution in [0.4, 0.5) is 0 Å². The Hall–Kier alpha value is -0.780. The number of benzene rings is 1. The number of hydrogen-bond donors (Lipinski definition) is 0. The highest BCUT2D eigenvalue weighted by atomic mass is 14.2. The van der Waals surface area contributed by atoms with Crippen LogP contribution in [0.3, 0.4) is 0 Å². The molecular weight excluding hydrogens is 168 g/mol. The third kappa shape index (κ3) is 3.53. The van der Waals surface area contributed by atoms with Gasteiger partial charge in [0.25, 0.3) is 0 Å². The fraction of sp³-hybridized carbons (Fsp3) is 0.571. The van der Waals surface area contributed by atoms with Crippen molar-refractivity contribution >= 4 is 0 Å². The topological polar surface area (TPSA) is 0 Å².